The number of aromatic nitrogens is 4. The lowest BCUT2D eigenvalue weighted by Crippen LogP contribution is -2.59. The average Bonchev–Trinajstić information content (AvgIpc) is 2.72. The van der Waals surface area contributed by atoms with Crippen molar-refractivity contribution in [2.75, 3.05) is 31.3 Å². The molecule has 0 spiro atoms. The molecule has 0 saturated carbocycles. The number of sulfonamides is 1. The van der Waals surface area contributed by atoms with Crippen LogP contribution in [0.4, 0.5) is 5.82 Å². The average molecular weight is 282 g/mol. The minimum Gasteiger partial charge on any atom is -0.352 e. The normalized spacial score (nSPS) is 17.1. The first-order valence-electron chi connectivity index (χ1n) is 5.80. The number of fused-ring (bicyclic) bond motifs is 1. The highest BCUT2D eigenvalue weighted by atomic mass is 32.2. The van der Waals surface area contributed by atoms with Gasteiger partial charge in [-0.2, -0.15) is 8.82 Å². The Bertz CT molecular complexity index is 706. The molecule has 1 aliphatic rings. The Morgan fingerprint density at radius 2 is 2.11 bits per heavy atom. The van der Waals surface area contributed by atoms with E-state index in [-0.39, 0.29) is 6.04 Å². The van der Waals surface area contributed by atoms with Crippen molar-refractivity contribution in [2.45, 2.75) is 6.04 Å². The molecule has 0 unspecified atom stereocenters. The van der Waals surface area contributed by atoms with Crippen molar-refractivity contribution in [3.8, 4) is 0 Å². The van der Waals surface area contributed by atoms with Gasteiger partial charge in [0, 0.05) is 20.1 Å². The number of likely N-dealkylation sites (N-methyl/N-ethyl adjacent to an activating group) is 1. The van der Waals surface area contributed by atoms with Crippen LogP contribution in [0.25, 0.3) is 5.65 Å². The fourth-order valence-corrected chi connectivity index (χ4v) is 2.71. The van der Waals surface area contributed by atoms with Gasteiger partial charge in [-0.15, -0.1) is 15.3 Å². The topological polar surface area (TPSA) is 83.7 Å². The van der Waals surface area contributed by atoms with Gasteiger partial charge in [0.05, 0.1) is 12.3 Å². The van der Waals surface area contributed by atoms with E-state index in [4.69, 9.17) is 0 Å². The highest BCUT2D eigenvalue weighted by Gasteiger charge is 2.34. The Labute approximate surface area is 110 Å². The van der Waals surface area contributed by atoms with Gasteiger partial charge >= 0.3 is 0 Å². The van der Waals surface area contributed by atoms with Crippen LogP contribution >= 0.6 is 0 Å². The molecule has 0 aromatic carbocycles. The Kier molecular flexibility index (Phi) is 2.68. The van der Waals surface area contributed by atoms with Crippen LogP contribution in [0, 0.1) is 0 Å². The zero-order valence-corrected chi connectivity index (χ0v) is 11.4. The van der Waals surface area contributed by atoms with Gasteiger partial charge in [0.1, 0.15) is 12.1 Å². The lowest BCUT2D eigenvalue weighted by Gasteiger charge is -2.43. The summed E-state index contributed by atoms with van der Waals surface area (Å²) in [6.07, 6.45) is 2.76. The molecule has 0 N–H and O–H groups in total. The number of anilines is 1. The summed E-state index contributed by atoms with van der Waals surface area (Å²) in [7, 11) is -1.53. The summed E-state index contributed by atoms with van der Waals surface area (Å²) >= 11 is 0. The number of rotatable bonds is 3. The third-order valence-electron chi connectivity index (χ3n) is 3.37. The van der Waals surface area contributed by atoms with Crippen molar-refractivity contribution in [3.63, 3.8) is 0 Å². The molecule has 3 rings (SSSR count). The molecule has 0 atom stereocenters. The maximum Gasteiger partial charge on any atom is 0.211 e. The van der Waals surface area contributed by atoms with Gasteiger partial charge in [-0.05, 0) is 12.1 Å². The number of nitrogens with zero attached hydrogens (tertiary/aromatic N) is 6. The van der Waals surface area contributed by atoms with Crippen LogP contribution in [0.15, 0.2) is 18.5 Å². The van der Waals surface area contributed by atoms with Crippen molar-refractivity contribution in [2.24, 2.45) is 0 Å². The van der Waals surface area contributed by atoms with E-state index in [9.17, 15) is 8.42 Å². The van der Waals surface area contributed by atoms with Crippen molar-refractivity contribution in [1.82, 2.24) is 24.1 Å². The quantitative estimate of drug-likeness (QED) is 0.733. The molecule has 8 nitrogen and oxygen atoms in total. The molecule has 19 heavy (non-hydrogen) atoms. The minimum atomic E-state index is -3.13. The van der Waals surface area contributed by atoms with E-state index in [2.05, 4.69) is 15.3 Å². The second-order valence-corrected chi connectivity index (χ2v) is 6.71. The van der Waals surface area contributed by atoms with E-state index in [1.54, 1.807) is 17.9 Å². The zero-order chi connectivity index (χ0) is 13.6. The van der Waals surface area contributed by atoms with E-state index in [0.717, 1.165) is 5.82 Å². The molecule has 0 bridgehead atoms. The summed E-state index contributed by atoms with van der Waals surface area (Å²) in [4.78, 5) is 2.02. The van der Waals surface area contributed by atoms with Crippen LogP contribution in [-0.2, 0) is 10.0 Å². The Hall–Kier alpha value is -1.74. The molecular formula is C10H14N6O2S. The lowest BCUT2D eigenvalue weighted by atomic mass is 10.1. The second kappa shape index (κ2) is 4.14. The molecule has 0 radical (unpaired) electrons. The van der Waals surface area contributed by atoms with Gasteiger partial charge in [0.25, 0.3) is 0 Å². The van der Waals surface area contributed by atoms with E-state index in [0.29, 0.717) is 18.7 Å². The van der Waals surface area contributed by atoms with E-state index < -0.39 is 10.0 Å². The smallest absolute Gasteiger partial charge is 0.211 e. The van der Waals surface area contributed by atoms with E-state index >= 15 is 0 Å². The summed E-state index contributed by atoms with van der Waals surface area (Å²) in [5.41, 5.74) is 0.689. The van der Waals surface area contributed by atoms with Crippen LogP contribution in [0.5, 0.6) is 0 Å². The number of hydrogen-bond donors (Lipinski definition) is 0. The van der Waals surface area contributed by atoms with E-state index in [1.165, 1.54) is 10.6 Å². The summed E-state index contributed by atoms with van der Waals surface area (Å²) < 4.78 is 25.8. The maximum absolute atomic E-state index is 11.4. The van der Waals surface area contributed by atoms with Crippen molar-refractivity contribution in [1.29, 1.82) is 0 Å². The first kappa shape index (κ1) is 12.3. The summed E-state index contributed by atoms with van der Waals surface area (Å²) in [6.45, 7) is 1.29. The third kappa shape index (κ3) is 2.15. The third-order valence-corrected chi connectivity index (χ3v) is 4.72. The SMILES string of the molecule is CN(C1CN(c2ccc3nncn3n2)C1)S(C)(=O)=O. The first-order chi connectivity index (χ1) is 8.95. The van der Waals surface area contributed by atoms with Crippen LogP contribution in [0.3, 0.4) is 0 Å². The lowest BCUT2D eigenvalue weighted by molar-refractivity contribution is 0.311. The molecule has 2 aromatic heterocycles. The summed E-state index contributed by atoms with van der Waals surface area (Å²) in [6, 6.07) is 3.71. The van der Waals surface area contributed by atoms with Gasteiger partial charge in [-0.1, -0.05) is 0 Å². The molecule has 0 amide bonds. The predicted octanol–water partition coefficient (Wildman–Crippen LogP) is -0.796. The largest absolute Gasteiger partial charge is 0.352 e. The Morgan fingerprint density at radius 3 is 2.79 bits per heavy atom. The van der Waals surface area contributed by atoms with Gasteiger partial charge < -0.3 is 4.90 Å². The summed E-state index contributed by atoms with van der Waals surface area (Å²) in [5, 5.41) is 12.0. The minimum absolute atomic E-state index is 0.00779. The van der Waals surface area contributed by atoms with Gasteiger partial charge in [-0.3, -0.25) is 0 Å². The zero-order valence-electron chi connectivity index (χ0n) is 10.6. The van der Waals surface area contributed by atoms with Gasteiger partial charge in [0.15, 0.2) is 5.65 Å². The fourth-order valence-electron chi connectivity index (χ4n) is 2.03. The van der Waals surface area contributed by atoms with Gasteiger partial charge in [-0.25, -0.2) is 8.42 Å². The monoisotopic (exact) mass is 282 g/mol. The van der Waals surface area contributed by atoms with Crippen molar-refractivity contribution >= 4 is 21.5 Å². The molecule has 1 aliphatic heterocycles. The molecule has 1 saturated heterocycles. The Morgan fingerprint density at radius 1 is 1.37 bits per heavy atom. The van der Waals surface area contributed by atoms with Crippen molar-refractivity contribution in [3.05, 3.63) is 18.5 Å². The molecular weight excluding hydrogens is 268 g/mol. The highest BCUT2D eigenvalue weighted by Crippen LogP contribution is 2.22. The van der Waals surface area contributed by atoms with Gasteiger partial charge in [0.2, 0.25) is 10.0 Å². The van der Waals surface area contributed by atoms with E-state index in [1.807, 2.05) is 17.0 Å². The summed E-state index contributed by atoms with van der Waals surface area (Å²) in [5.74, 6) is 0.797. The molecule has 0 aliphatic carbocycles. The van der Waals surface area contributed by atoms with Crippen LogP contribution in [0.1, 0.15) is 0 Å². The molecule has 9 heteroatoms. The molecule has 1 fully saturated rings. The predicted molar refractivity (Wildman–Crippen MR) is 69.4 cm³/mol. The molecule has 3 heterocycles. The molecule has 102 valence electrons. The molecule has 2 aromatic rings. The maximum atomic E-state index is 11.4. The highest BCUT2D eigenvalue weighted by molar-refractivity contribution is 7.88. The van der Waals surface area contributed by atoms with Crippen LogP contribution in [-0.4, -0.2) is 65.0 Å². The Balaban J connectivity index is 1.73. The standard InChI is InChI=1S/C10H14N6O2S/c1-14(19(2,17)18)8-5-15(6-8)10-4-3-9-12-11-7-16(9)13-10/h3-4,7-8H,5-6H2,1-2H3. The van der Waals surface area contributed by atoms with Crippen LogP contribution < -0.4 is 4.90 Å². The number of hydrogen-bond acceptors (Lipinski definition) is 6. The van der Waals surface area contributed by atoms with Crippen LogP contribution in [0.2, 0.25) is 0 Å². The fraction of sp³-hybridized carbons (Fsp3) is 0.500. The first-order valence-corrected chi connectivity index (χ1v) is 7.65. The van der Waals surface area contributed by atoms with Crippen molar-refractivity contribution < 1.29 is 8.42 Å². The second-order valence-electron chi connectivity index (χ2n) is 4.66.